The predicted octanol–water partition coefficient (Wildman–Crippen LogP) is 3.99. The molecule has 0 amide bonds. The zero-order valence-electron chi connectivity index (χ0n) is 14.0. The number of phenols is 1. The van der Waals surface area contributed by atoms with Crippen molar-refractivity contribution >= 4 is 17.2 Å². The van der Waals surface area contributed by atoms with Gasteiger partial charge >= 0.3 is 0 Å². The molecule has 1 aliphatic carbocycles. The minimum atomic E-state index is -0.284. The van der Waals surface area contributed by atoms with E-state index in [1.807, 2.05) is 30.3 Å². The molecule has 0 saturated carbocycles. The number of allylic oxidation sites excluding steroid dienone is 1. The first-order valence-electron chi connectivity index (χ1n) is 8.43. The lowest BCUT2D eigenvalue weighted by atomic mass is 9.86. The minimum Gasteiger partial charge on any atom is -0.504 e. The van der Waals surface area contributed by atoms with E-state index in [4.69, 9.17) is 4.74 Å². The number of hydrogen-bond acceptors (Lipinski definition) is 5. The van der Waals surface area contributed by atoms with Crippen molar-refractivity contribution in [1.82, 2.24) is 0 Å². The van der Waals surface area contributed by atoms with Gasteiger partial charge in [0.05, 0.1) is 24.5 Å². The highest BCUT2D eigenvalue weighted by atomic mass is 16.5. The number of Topliss-reactive ketones (excluding diaryl/α,β-unsaturated/α-hetero) is 1. The van der Waals surface area contributed by atoms with E-state index in [9.17, 15) is 9.90 Å². The van der Waals surface area contributed by atoms with Gasteiger partial charge in [-0.25, -0.2) is 0 Å². The number of ketones is 1. The fourth-order valence-corrected chi connectivity index (χ4v) is 3.56. The van der Waals surface area contributed by atoms with E-state index in [1.165, 1.54) is 7.11 Å². The van der Waals surface area contributed by atoms with Crippen molar-refractivity contribution in [3.63, 3.8) is 0 Å². The van der Waals surface area contributed by atoms with Crippen LogP contribution in [0.5, 0.6) is 11.5 Å². The van der Waals surface area contributed by atoms with Crippen molar-refractivity contribution in [1.29, 1.82) is 0 Å². The van der Waals surface area contributed by atoms with Gasteiger partial charge in [0.15, 0.2) is 17.3 Å². The lowest BCUT2D eigenvalue weighted by molar-refractivity contribution is -0.116. The average Bonchev–Trinajstić information content (AvgIpc) is 2.79. The number of carbonyl (C=O) groups excluding carboxylic acids is 1. The summed E-state index contributed by atoms with van der Waals surface area (Å²) in [7, 11) is 1.52. The highest BCUT2D eigenvalue weighted by Crippen LogP contribution is 2.41. The fourth-order valence-electron chi connectivity index (χ4n) is 3.56. The Hall–Kier alpha value is -2.95. The summed E-state index contributed by atoms with van der Waals surface area (Å²) >= 11 is 0. The number of para-hydroxylation sites is 2. The molecule has 0 saturated heterocycles. The molecular weight excluding hydrogens is 316 g/mol. The number of anilines is 2. The molecule has 0 radical (unpaired) electrons. The third-order valence-corrected chi connectivity index (χ3v) is 4.79. The number of ether oxygens (including phenoxy) is 1. The summed E-state index contributed by atoms with van der Waals surface area (Å²) in [6.45, 7) is 0. The number of rotatable bonds is 2. The summed E-state index contributed by atoms with van der Waals surface area (Å²) in [5.41, 5.74) is 4.55. The average molecular weight is 336 g/mol. The second-order valence-electron chi connectivity index (χ2n) is 6.35. The largest absolute Gasteiger partial charge is 0.504 e. The van der Waals surface area contributed by atoms with Crippen molar-refractivity contribution in [3.8, 4) is 11.5 Å². The molecule has 2 aromatic carbocycles. The molecule has 5 heteroatoms. The van der Waals surface area contributed by atoms with Gasteiger partial charge in [0, 0.05) is 17.7 Å². The summed E-state index contributed by atoms with van der Waals surface area (Å²) in [6.07, 6.45) is 2.27. The molecule has 0 aromatic heterocycles. The summed E-state index contributed by atoms with van der Waals surface area (Å²) in [5.74, 6) is 0.642. The molecule has 2 aromatic rings. The van der Waals surface area contributed by atoms with E-state index in [2.05, 4.69) is 10.6 Å². The Bertz CT molecular complexity index is 873. The van der Waals surface area contributed by atoms with Crippen molar-refractivity contribution in [2.45, 2.75) is 25.3 Å². The standard InChI is InChI=1S/C20H20N2O3/c1-25-18-11-12(9-10-16(18)23)20-19-15(7-4-8-17(19)24)21-13-5-2-3-6-14(13)22-20/h2-3,5-6,9-11,20-23H,4,7-8H2,1H3. The number of hydrogen-bond donors (Lipinski definition) is 3. The van der Waals surface area contributed by atoms with Crippen LogP contribution in [0.3, 0.4) is 0 Å². The highest BCUT2D eigenvalue weighted by Gasteiger charge is 2.32. The van der Waals surface area contributed by atoms with Gasteiger partial charge in [0.1, 0.15) is 0 Å². The van der Waals surface area contributed by atoms with Gasteiger partial charge in [0.2, 0.25) is 0 Å². The predicted molar refractivity (Wildman–Crippen MR) is 97.0 cm³/mol. The van der Waals surface area contributed by atoms with Crippen LogP contribution in [0.2, 0.25) is 0 Å². The molecular formula is C20H20N2O3. The van der Waals surface area contributed by atoms with Crippen LogP contribution in [0.25, 0.3) is 0 Å². The quantitative estimate of drug-likeness (QED) is 0.774. The number of benzene rings is 2. The summed E-state index contributed by atoms with van der Waals surface area (Å²) < 4.78 is 5.25. The van der Waals surface area contributed by atoms with Crippen molar-refractivity contribution < 1.29 is 14.6 Å². The van der Waals surface area contributed by atoms with Gasteiger partial charge < -0.3 is 20.5 Å². The van der Waals surface area contributed by atoms with E-state index in [0.717, 1.165) is 41.1 Å². The van der Waals surface area contributed by atoms with Crippen LogP contribution < -0.4 is 15.4 Å². The van der Waals surface area contributed by atoms with Crippen molar-refractivity contribution in [2.75, 3.05) is 17.7 Å². The lowest BCUT2D eigenvalue weighted by Gasteiger charge is -2.25. The van der Waals surface area contributed by atoms with E-state index in [0.29, 0.717) is 12.2 Å². The zero-order chi connectivity index (χ0) is 17.4. The highest BCUT2D eigenvalue weighted by molar-refractivity contribution is 6.00. The molecule has 1 unspecified atom stereocenters. The number of carbonyl (C=O) groups is 1. The Balaban J connectivity index is 1.87. The molecule has 0 bridgehead atoms. The van der Waals surface area contributed by atoms with E-state index < -0.39 is 0 Å². The van der Waals surface area contributed by atoms with Crippen LogP contribution in [-0.4, -0.2) is 18.0 Å². The summed E-state index contributed by atoms with van der Waals surface area (Å²) in [6, 6.07) is 12.9. The van der Waals surface area contributed by atoms with Crippen LogP contribution in [0.4, 0.5) is 11.4 Å². The third kappa shape index (κ3) is 2.71. The molecule has 1 heterocycles. The fraction of sp³-hybridized carbons (Fsp3) is 0.250. The Morgan fingerprint density at radius 3 is 2.72 bits per heavy atom. The molecule has 3 N–H and O–H groups in total. The van der Waals surface area contributed by atoms with Crippen LogP contribution in [0, 0.1) is 0 Å². The number of phenolic OH excluding ortho intramolecular Hbond substituents is 1. The Labute approximate surface area is 146 Å². The van der Waals surface area contributed by atoms with Gasteiger partial charge in [-0.15, -0.1) is 0 Å². The van der Waals surface area contributed by atoms with Gasteiger partial charge in [0.25, 0.3) is 0 Å². The maximum atomic E-state index is 12.7. The monoisotopic (exact) mass is 336 g/mol. The SMILES string of the molecule is COc1cc(C2Nc3ccccc3NC3=C2C(=O)CCC3)ccc1O. The minimum absolute atomic E-state index is 0.0857. The Morgan fingerprint density at radius 1 is 1.12 bits per heavy atom. The van der Waals surface area contributed by atoms with Crippen LogP contribution in [0.15, 0.2) is 53.7 Å². The van der Waals surface area contributed by atoms with Crippen LogP contribution >= 0.6 is 0 Å². The maximum absolute atomic E-state index is 12.7. The molecule has 128 valence electrons. The van der Waals surface area contributed by atoms with Crippen molar-refractivity contribution in [2.24, 2.45) is 0 Å². The molecule has 5 nitrogen and oxygen atoms in total. The molecule has 1 atom stereocenters. The van der Waals surface area contributed by atoms with Gasteiger partial charge in [-0.1, -0.05) is 18.2 Å². The van der Waals surface area contributed by atoms with E-state index >= 15 is 0 Å². The number of nitrogens with one attached hydrogen (secondary N) is 2. The Morgan fingerprint density at radius 2 is 1.92 bits per heavy atom. The first-order chi connectivity index (χ1) is 12.2. The van der Waals surface area contributed by atoms with Crippen molar-refractivity contribution in [3.05, 3.63) is 59.3 Å². The first kappa shape index (κ1) is 15.6. The maximum Gasteiger partial charge on any atom is 0.163 e. The molecule has 2 aliphatic rings. The molecule has 0 fully saturated rings. The number of fused-ring (bicyclic) bond motifs is 1. The van der Waals surface area contributed by atoms with Gasteiger partial charge in [-0.2, -0.15) is 0 Å². The third-order valence-electron chi connectivity index (χ3n) is 4.79. The zero-order valence-corrected chi connectivity index (χ0v) is 14.0. The summed E-state index contributed by atoms with van der Waals surface area (Å²) in [4.78, 5) is 12.7. The van der Waals surface area contributed by atoms with Gasteiger partial charge in [-0.05, 0) is 42.7 Å². The van der Waals surface area contributed by atoms with Crippen LogP contribution in [0.1, 0.15) is 30.9 Å². The molecule has 1 aliphatic heterocycles. The lowest BCUT2D eigenvalue weighted by Crippen LogP contribution is -2.23. The number of methoxy groups -OCH3 is 1. The Kier molecular flexibility index (Phi) is 3.84. The van der Waals surface area contributed by atoms with Crippen LogP contribution in [-0.2, 0) is 4.79 Å². The first-order valence-corrected chi connectivity index (χ1v) is 8.43. The smallest absolute Gasteiger partial charge is 0.163 e. The van der Waals surface area contributed by atoms with Gasteiger partial charge in [-0.3, -0.25) is 4.79 Å². The normalized spacial score (nSPS) is 19.2. The number of aromatic hydroxyl groups is 1. The van der Waals surface area contributed by atoms with E-state index in [-0.39, 0.29) is 17.6 Å². The molecule has 25 heavy (non-hydrogen) atoms. The molecule has 0 spiro atoms. The molecule has 4 rings (SSSR count). The second kappa shape index (κ2) is 6.16. The van der Waals surface area contributed by atoms with E-state index in [1.54, 1.807) is 12.1 Å². The second-order valence-corrected chi connectivity index (χ2v) is 6.35. The summed E-state index contributed by atoms with van der Waals surface area (Å²) in [5, 5.41) is 16.8. The topological polar surface area (TPSA) is 70.6 Å².